The molecule has 1 aliphatic rings. The Labute approximate surface area is 115 Å². The van der Waals surface area contributed by atoms with E-state index in [0.29, 0.717) is 0 Å². The quantitative estimate of drug-likeness (QED) is 0.837. The minimum absolute atomic E-state index is 0.150. The second-order valence-electron chi connectivity index (χ2n) is 5.11. The van der Waals surface area contributed by atoms with Crippen LogP contribution in [0.2, 0.25) is 0 Å². The molecular weight excluding hydrogens is 277 g/mol. The number of urea groups is 1. The Bertz CT molecular complexity index is 373. The van der Waals surface area contributed by atoms with Crippen LogP contribution in [0.4, 0.5) is 18.0 Å². The van der Waals surface area contributed by atoms with E-state index in [-0.39, 0.29) is 31.8 Å². The molecule has 0 aromatic heterocycles. The molecule has 1 heterocycles. The number of carbonyl (C=O) groups excluding carboxylic acids is 1. The van der Waals surface area contributed by atoms with Crippen molar-refractivity contribution in [1.29, 1.82) is 0 Å². The van der Waals surface area contributed by atoms with Crippen molar-refractivity contribution in [2.24, 2.45) is 11.8 Å². The van der Waals surface area contributed by atoms with Crippen LogP contribution in [-0.4, -0.2) is 47.3 Å². The van der Waals surface area contributed by atoms with E-state index in [0.717, 1.165) is 0 Å². The number of aliphatic carboxylic acids is 1. The maximum atomic E-state index is 12.6. The van der Waals surface area contributed by atoms with Crippen molar-refractivity contribution < 1.29 is 27.9 Å². The number of halogens is 3. The standard InChI is InChI=1S/C12H19F3N2O3/c1-3-9(12(13,14)15)16-11(20)17-5-4-8(10(18)19)7(2)6-17/h7-9H,3-6H2,1-2H3,(H,16,20)(H,18,19)/t7?,8?,9-/m0/s1. The van der Waals surface area contributed by atoms with Crippen LogP contribution in [-0.2, 0) is 4.79 Å². The molecule has 8 heteroatoms. The third kappa shape index (κ3) is 4.01. The number of carboxylic acids is 1. The minimum Gasteiger partial charge on any atom is -0.481 e. The lowest BCUT2D eigenvalue weighted by molar-refractivity contribution is -0.154. The third-order valence-corrected chi connectivity index (χ3v) is 3.61. The van der Waals surface area contributed by atoms with E-state index in [2.05, 4.69) is 0 Å². The summed E-state index contributed by atoms with van der Waals surface area (Å²) in [7, 11) is 0. The Morgan fingerprint density at radius 3 is 2.45 bits per heavy atom. The molecule has 2 N–H and O–H groups in total. The van der Waals surface area contributed by atoms with Crippen LogP contribution < -0.4 is 5.32 Å². The van der Waals surface area contributed by atoms with E-state index in [1.54, 1.807) is 6.92 Å². The Morgan fingerprint density at radius 1 is 1.45 bits per heavy atom. The van der Waals surface area contributed by atoms with Crippen molar-refractivity contribution in [2.75, 3.05) is 13.1 Å². The van der Waals surface area contributed by atoms with Gasteiger partial charge >= 0.3 is 18.2 Å². The predicted molar refractivity (Wildman–Crippen MR) is 65.1 cm³/mol. The molecule has 1 rings (SSSR count). The zero-order chi connectivity index (χ0) is 15.5. The summed E-state index contributed by atoms with van der Waals surface area (Å²) >= 11 is 0. The fourth-order valence-electron chi connectivity index (χ4n) is 2.35. The van der Waals surface area contributed by atoms with Crippen LogP contribution in [0.15, 0.2) is 0 Å². The highest BCUT2D eigenvalue weighted by atomic mass is 19.4. The highest BCUT2D eigenvalue weighted by Gasteiger charge is 2.41. The largest absolute Gasteiger partial charge is 0.481 e. The van der Waals surface area contributed by atoms with Crippen molar-refractivity contribution >= 4 is 12.0 Å². The van der Waals surface area contributed by atoms with E-state index in [1.165, 1.54) is 11.8 Å². The molecule has 116 valence electrons. The Balaban J connectivity index is 2.60. The SMILES string of the molecule is CC[C@H](NC(=O)N1CCC(C(=O)O)C(C)C1)C(F)(F)F. The van der Waals surface area contributed by atoms with Gasteiger partial charge < -0.3 is 15.3 Å². The number of carbonyl (C=O) groups is 2. The summed E-state index contributed by atoms with van der Waals surface area (Å²) in [6.45, 7) is 3.33. The molecule has 0 aromatic carbocycles. The molecule has 2 amide bonds. The van der Waals surface area contributed by atoms with Crippen molar-refractivity contribution in [3.05, 3.63) is 0 Å². The fraction of sp³-hybridized carbons (Fsp3) is 0.833. The minimum atomic E-state index is -4.48. The van der Waals surface area contributed by atoms with E-state index < -0.39 is 30.1 Å². The molecule has 0 aliphatic carbocycles. The molecule has 1 aliphatic heterocycles. The first-order chi connectivity index (χ1) is 9.16. The lowest BCUT2D eigenvalue weighted by Crippen LogP contribution is -2.54. The molecule has 0 aromatic rings. The van der Waals surface area contributed by atoms with Gasteiger partial charge in [-0.15, -0.1) is 0 Å². The topological polar surface area (TPSA) is 69.6 Å². The van der Waals surface area contributed by atoms with Crippen molar-refractivity contribution in [3.8, 4) is 0 Å². The summed E-state index contributed by atoms with van der Waals surface area (Å²) in [5.41, 5.74) is 0. The number of piperidine rings is 1. The number of rotatable bonds is 3. The summed E-state index contributed by atoms with van der Waals surface area (Å²) in [6.07, 6.45) is -4.46. The van der Waals surface area contributed by atoms with Gasteiger partial charge in [-0.2, -0.15) is 13.2 Å². The van der Waals surface area contributed by atoms with Crippen molar-refractivity contribution in [2.45, 2.75) is 38.9 Å². The van der Waals surface area contributed by atoms with Gasteiger partial charge in [-0.05, 0) is 18.8 Å². The van der Waals surface area contributed by atoms with Gasteiger partial charge in [-0.3, -0.25) is 4.79 Å². The predicted octanol–water partition coefficient (Wildman–Crippen LogP) is 2.08. The number of amides is 2. The number of likely N-dealkylation sites (tertiary alicyclic amines) is 1. The maximum Gasteiger partial charge on any atom is 0.408 e. The van der Waals surface area contributed by atoms with Crippen LogP contribution in [0.5, 0.6) is 0 Å². The summed E-state index contributed by atoms with van der Waals surface area (Å²) in [6, 6.07) is -2.66. The van der Waals surface area contributed by atoms with E-state index in [9.17, 15) is 22.8 Å². The second-order valence-corrected chi connectivity index (χ2v) is 5.11. The molecular formula is C12H19F3N2O3. The molecule has 0 bridgehead atoms. The van der Waals surface area contributed by atoms with Crippen LogP contribution in [0, 0.1) is 11.8 Å². The summed E-state index contributed by atoms with van der Waals surface area (Å²) < 4.78 is 37.7. The number of hydrogen-bond acceptors (Lipinski definition) is 2. The number of nitrogens with zero attached hydrogens (tertiary/aromatic N) is 1. The number of nitrogens with one attached hydrogen (secondary N) is 1. The van der Waals surface area contributed by atoms with Gasteiger partial charge in [0.05, 0.1) is 5.92 Å². The fourth-order valence-corrected chi connectivity index (χ4v) is 2.35. The van der Waals surface area contributed by atoms with Crippen molar-refractivity contribution in [1.82, 2.24) is 10.2 Å². The van der Waals surface area contributed by atoms with Gasteiger partial charge in [0.15, 0.2) is 0 Å². The van der Waals surface area contributed by atoms with Crippen molar-refractivity contribution in [3.63, 3.8) is 0 Å². The lowest BCUT2D eigenvalue weighted by atomic mass is 9.87. The Morgan fingerprint density at radius 2 is 2.05 bits per heavy atom. The van der Waals surface area contributed by atoms with Gasteiger partial charge in [-0.1, -0.05) is 13.8 Å². The first kappa shape index (κ1) is 16.6. The first-order valence-corrected chi connectivity index (χ1v) is 6.51. The van der Waals surface area contributed by atoms with Gasteiger partial charge in [-0.25, -0.2) is 4.79 Å². The Kier molecular flexibility index (Phi) is 5.24. The van der Waals surface area contributed by atoms with E-state index >= 15 is 0 Å². The van der Waals surface area contributed by atoms with Gasteiger partial charge in [0.25, 0.3) is 0 Å². The Hall–Kier alpha value is -1.47. The number of hydrogen-bond donors (Lipinski definition) is 2. The molecule has 1 fully saturated rings. The lowest BCUT2D eigenvalue weighted by Gasteiger charge is -2.35. The number of carboxylic acid groups (broad SMARTS) is 1. The summed E-state index contributed by atoms with van der Waals surface area (Å²) in [5, 5.41) is 10.9. The first-order valence-electron chi connectivity index (χ1n) is 6.51. The maximum absolute atomic E-state index is 12.6. The molecule has 0 spiro atoms. The van der Waals surface area contributed by atoms with Crippen LogP contribution in [0.25, 0.3) is 0 Å². The smallest absolute Gasteiger partial charge is 0.408 e. The average molecular weight is 296 g/mol. The monoisotopic (exact) mass is 296 g/mol. The summed E-state index contributed by atoms with van der Waals surface area (Å²) in [5.74, 6) is -1.76. The molecule has 20 heavy (non-hydrogen) atoms. The highest BCUT2D eigenvalue weighted by Crippen LogP contribution is 2.25. The zero-order valence-electron chi connectivity index (χ0n) is 11.4. The molecule has 0 saturated carbocycles. The van der Waals surface area contributed by atoms with E-state index in [4.69, 9.17) is 5.11 Å². The molecule has 1 saturated heterocycles. The summed E-state index contributed by atoms with van der Waals surface area (Å²) in [4.78, 5) is 24.0. The van der Waals surface area contributed by atoms with Gasteiger partial charge in [0, 0.05) is 13.1 Å². The number of alkyl halides is 3. The third-order valence-electron chi connectivity index (χ3n) is 3.61. The van der Waals surface area contributed by atoms with E-state index in [1.807, 2.05) is 5.32 Å². The zero-order valence-corrected chi connectivity index (χ0v) is 11.4. The molecule has 0 radical (unpaired) electrons. The molecule has 5 nitrogen and oxygen atoms in total. The second kappa shape index (κ2) is 6.32. The van der Waals surface area contributed by atoms with Crippen LogP contribution in [0.1, 0.15) is 26.7 Å². The van der Waals surface area contributed by atoms with Gasteiger partial charge in [0.1, 0.15) is 6.04 Å². The van der Waals surface area contributed by atoms with Crippen LogP contribution in [0.3, 0.4) is 0 Å². The normalized spacial score (nSPS) is 25.1. The van der Waals surface area contributed by atoms with Crippen LogP contribution >= 0.6 is 0 Å². The molecule has 3 atom stereocenters. The molecule has 2 unspecified atom stereocenters. The average Bonchev–Trinajstić information content (AvgIpc) is 2.33. The highest BCUT2D eigenvalue weighted by molar-refractivity contribution is 5.76. The van der Waals surface area contributed by atoms with Gasteiger partial charge in [0.2, 0.25) is 0 Å².